The Balaban J connectivity index is 2.29. The van der Waals surface area contributed by atoms with Crippen LogP contribution in [0.25, 0.3) is 0 Å². The molecule has 0 aliphatic rings. The number of hydrogen-bond acceptors (Lipinski definition) is 5. The van der Waals surface area contributed by atoms with Crippen LogP contribution in [0.1, 0.15) is 20.8 Å². The zero-order chi connectivity index (χ0) is 19.6. The summed E-state index contributed by atoms with van der Waals surface area (Å²) in [5.74, 6) is 0.584. The molecule has 0 fully saturated rings. The Morgan fingerprint density at radius 3 is 1.74 bits per heavy atom. The molecular formula is C20H29O5PSi. The molecule has 5 nitrogen and oxygen atoms in total. The molecule has 2 aromatic rings. The highest BCUT2D eigenvalue weighted by Gasteiger charge is 2.43. The lowest BCUT2D eigenvalue weighted by molar-refractivity contribution is 0.0726. The van der Waals surface area contributed by atoms with Crippen molar-refractivity contribution in [2.24, 2.45) is 0 Å². The fourth-order valence-corrected chi connectivity index (χ4v) is 8.64. The van der Waals surface area contributed by atoms with Crippen LogP contribution in [0.3, 0.4) is 0 Å². The molecule has 148 valence electrons. The van der Waals surface area contributed by atoms with Gasteiger partial charge in [-0.2, -0.15) is 0 Å². The highest BCUT2D eigenvalue weighted by Crippen LogP contribution is 2.47. The van der Waals surface area contributed by atoms with E-state index in [9.17, 15) is 4.57 Å². The fourth-order valence-electron chi connectivity index (χ4n) is 2.82. The molecule has 0 aromatic heterocycles. The summed E-state index contributed by atoms with van der Waals surface area (Å²) in [6.07, 6.45) is 0.290. The predicted molar refractivity (Wildman–Crippen MR) is 111 cm³/mol. The molecule has 0 bridgehead atoms. The molecule has 1 unspecified atom stereocenters. The third-order valence-electron chi connectivity index (χ3n) is 3.95. The van der Waals surface area contributed by atoms with Gasteiger partial charge >= 0.3 is 8.80 Å². The largest absolute Gasteiger partial charge is 0.501 e. The molecule has 0 amide bonds. The zero-order valence-corrected chi connectivity index (χ0v) is 18.2. The average molecular weight is 409 g/mol. The van der Waals surface area contributed by atoms with E-state index in [1.807, 2.05) is 81.4 Å². The smallest absolute Gasteiger partial charge is 0.440 e. The van der Waals surface area contributed by atoms with Crippen molar-refractivity contribution in [3.05, 3.63) is 60.7 Å². The Morgan fingerprint density at radius 1 is 0.778 bits per heavy atom. The minimum atomic E-state index is -3.17. The van der Waals surface area contributed by atoms with Crippen molar-refractivity contribution in [1.82, 2.24) is 0 Å². The molecule has 0 N–H and O–H groups in total. The van der Waals surface area contributed by atoms with Gasteiger partial charge in [0.15, 0.2) is 0 Å². The van der Waals surface area contributed by atoms with E-state index in [0.29, 0.717) is 36.9 Å². The van der Waals surface area contributed by atoms with Gasteiger partial charge in [-0.05, 0) is 45.0 Å². The van der Waals surface area contributed by atoms with E-state index in [4.69, 9.17) is 17.8 Å². The number of hydrogen-bond donors (Lipinski definition) is 0. The van der Waals surface area contributed by atoms with E-state index < -0.39 is 16.2 Å². The lowest BCUT2D eigenvalue weighted by Gasteiger charge is -2.30. The van der Waals surface area contributed by atoms with Crippen molar-refractivity contribution >= 4 is 21.5 Å². The van der Waals surface area contributed by atoms with Gasteiger partial charge in [-0.1, -0.05) is 36.4 Å². The molecule has 0 radical (unpaired) electrons. The summed E-state index contributed by atoms with van der Waals surface area (Å²) in [7, 11) is -6.07. The summed E-state index contributed by atoms with van der Waals surface area (Å²) < 4.78 is 37.6. The van der Waals surface area contributed by atoms with Crippen LogP contribution < -0.4 is 9.83 Å². The minimum Gasteiger partial charge on any atom is -0.440 e. The Labute approximate surface area is 163 Å². The van der Waals surface area contributed by atoms with Crippen LogP contribution in [0.5, 0.6) is 5.75 Å². The second-order valence-corrected chi connectivity index (χ2v) is 11.1. The van der Waals surface area contributed by atoms with Crippen molar-refractivity contribution in [2.45, 2.75) is 26.8 Å². The third-order valence-corrected chi connectivity index (χ3v) is 9.82. The van der Waals surface area contributed by atoms with Crippen LogP contribution in [-0.4, -0.2) is 34.8 Å². The molecule has 0 saturated carbocycles. The normalized spacial score (nSPS) is 13.9. The Bertz CT molecular complexity index is 694. The van der Waals surface area contributed by atoms with E-state index in [0.717, 1.165) is 0 Å². The summed E-state index contributed by atoms with van der Waals surface area (Å²) in [4.78, 5) is 0. The van der Waals surface area contributed by atoms with Gasteiger partial charge in [-0.3, -0.25) is 4.57 Å². The SMILES string of the molecule is CCO[Si](CCP(=O)(Oc1ccccc1)c1ccccc1)(OCC)OCC. The average Bonchev–Trinajstić information content (AvgIpc) is 2.69. The number of para-hydroxylation sites is 1. The fraction of sp³-hybridized carbons (Fsp3) is 0.400. The first kappa shape index (κ1) is 21.9. The summed E-state index contributed by atoms with van der Waals surface area (Å²) in [5.41, 5.74) is 0. The molecule has 0 aliphatic heterocycles. The lowest BCUT2D eigenvalue weighted by atomic mass is 10.3. The zero-order valence-electron chi connectivity index (χ0n) is 16.3. The minimum absolute atomic E-state index is 0.290. The highest BCUT2D eigenvalue weighted by molar-refractivity contribution is 7.67. The van der Waals surface area contributed by atoms with Gasteiger partial charge < -0.3 is 17.8 Å². The third kappa shape index (κ3) is 6.30. The number of rotatable bonds is 12. The monoisotopic (exact) mass is 408 g/mol. The summed E-state index contributed by atoms with van der Waals surface area (Å²) >= 11 is 0. The van der Waals surface area contributed by atoms with Crippen molar-refractivity contribution < 1.29 is 22.4 Å². The molecular weight excluding hydrogens is 379 g/mol. The first-order valence-corrected chi connectivity index (χ1v) is 13.1. The number of benzene rings is 2. The second kappa shape index (κ2) is 10.8. The van der Waals surface area contributed by atoms with Gasteiger partial charge in [-0.25, -0.2) is 0 Å². The highest BCUT2D eigenvalue weighted by atomic mass is 31.2. The lowest BCUT2D eigenvalue weighted by Crippen LogP contribution is -2.47. The van der Waals surface area contributed by atoms with Crippen molar-refractivity contribution in [3.63, 3.8) is 0 Å². The molecule has 1 atom stereocenters. The Kier molecular flexibility index (Phi) is 8.73. The molecule has 27 heavy (non-hydrogen) atoms. The van der Waals surface area contributed by atoms with Crippen molar-refractivity contribution in [2.75, 3.05) is 26.0 Å². The standard InChI is InChI=1S/C20H29O5PSi/c1-4-22-27(23-5-2,24-6-3)18-17-26(21,20-15-11-8-12-16-20)25-19-13-9-7-10-14-19/h7-16H,4-6,17-18H2,1-3H3. The van der Waals surface area contributed by atoms with Gasteiger partial charge in [-0.15, -0.1) is 0 Å². The van der Waals surface area contributed by atoms with E-state index in [1.165, 1.54) is 0 Å². The molecule has 0 saturated heterocycles. The van der Waals surface area contributed by atoms with Gasteiger partial charge in [0.25, 0.3) is 7.37 Å². The van der Waals surface area contributed by atoms with E-state index in [-0.39, 0.29) is 6.16 Å². The van der Waals surface area contributed by atoms with E-state index in [2.05, 4.69) is 0 Å². The first-order valence-electron chi connectivity index (χ1n) is 9.38. The van der Waals surface area contributed by atoms with Crippen LogP contribution in [0.4, 0.5) is 0 Å². The van der Waals surface area contributed by atoms with Gasteiger partial charge in [0, 0.05) is 37.3 Å². The summed E-state index contributed by atoms with van der Waals surface area (Å²) in [6, 6.07) is 19.0. The molecule has 0 aliphatic carbocycles. The Hall–Kier alpha value is -1.43. The first-order chi connectivity index (χ1) is 13.1. The van der Waals surface area contributed by atoms with Gasteiger partial charge in [0.2, 0.25) is 0 Å². The molecule has 2 rings (SSSR count). The topological polar surface area (TPSA) is 54.0 Å². The molecule has 2 aromatic carbocycles. The summed E-state index contributed by atoms with van der Waals surface area (Å²) in [5, 5.41) is 0.682. The van der Waals surface area contributed by atoms with E-state index in [1.54, 1.807) is 0 Å². The second-order valence-electron chi connectivity index (χ2n) is 5.87. The van der Waals surface area contributed by atoms with Crippen LogP contribution in [0.2, 0.25) is 6.04 Å². The molecule has 0 spiro atoms. The van der Waals surface area contributed by atoms with Crippen molar-refractivity contribution in [3.8, 4) is 5.75 Å². The summed E-state index contributed by atoms with van der Waals surface area (Å²) in [6.45, 7) is 7.20. The Morgan fingerprint density at radius 2 is 1.26 bits per heavy atom. The van der Waals surface area contributed by atoms with Crippen molar-refractivity contribution in [1.29, 1.82) is 0 Å². The maximum absolute atomic E-state index is 13.9. The van der Waals surface area contributed by atoms with Crippen LogP contribution >= 0.6 is 7.37 Å². The van der Waals surface area contributed by atoms with Crippen LogP contribution in [0.15, 0.2) is 60.7 Å². The molecule has 0 heterocycles. The quantitative estimate of drug-likeness (QED) is 0.376. The maximum Gasteiger partial charge on any atom is 0.501 e. The molecule has 7 heteroatoms. The van der Waals surface area contributed by atoms with Gasteiger partial charge in [0.05, 0.1) is 0 Å². The van der Waals surface area contributed by atoms with Crippen LogP contribution in [-0.2, 0) is 17.8 Å². The predicted octanol–water partition coefficient (Wildman–Crippen LogP) is 4.72. The van der Waals surface area contributed by atoms with E-state index >= 15 is 0 Å². The maximum atomic E-state index is 13.9. The van der Waals surface area contributed by atoms with Crippen LogP contribution in [0, 0.1) is 0 Å². The van der Waals surface area contributed by atoms with Gasteiger partial charge in [0.1, 0.15) is 5.75 Å².